The normalized spacial score (nSPS) is 18.9. The molecule has 1 aromatic rings. The molecule has 1 unspecified atom stereocenters. The maximum absolute atomic E-state index is 5.86. The number of rotatable bonds is 2. The minimum atomic E-state index is -0.286. The Balaban J connectivity index is 2.23. The summed E-state index contributed by atoms with van der Waals surface area (Å²) in [6.45, 7) is 2.57. The highest BCUT2D eigenvalue weighted by Gasteiger charge is 2.14. The Morgan fingerprint density at radius 2 is 2.36 bits per heavy atom. The van der Waals surface area contributed by atoms with E-state index in [0.717, 1.165) is 11.3 Å². The second kappa shape index (κ2) is 4.03. The van der Waals surface area contributed by atoms with Gasteiger partial charge in [0, 0.05) is 17.2 Å². The number of benzene rings is 1. The molecule has 0 aromatic heterocycles. The van der Waals surface area contributed by atoms with E-state index in [1.165, 1.54) is 0 Å². The van der Waals surface area contributed by atoms with E-state index in [4.69, 9.17) is 21.1 Å². The van der Waals surface area contributed by atoms with Gasteiger partial charge in [-0.25, -0.2) is 0 Å². The summed E-state index contributed by atoms with van der Waals surface area (Å²) in [5, 5.41) is 0.675. The molecule has 0 N–H and O–H groups in total. The second-order valence-corrected chi connectivity index (χ2v) is 3.42. The molecule has 1 aliphatic heterocycles. The van der Waals surface area contributed by atoms with E-state index >= 15 is 0 Å². The summed E-state index contributed by atoms with van der Waals surface area (Å²) in [4.78, 5) is 0. The van der Waals surface area contributed by atoms with Gasteiger partial charge in [0.05, 0.1) is 0 Å². The van der Waals surface area contributed by atoms with Gasteiger partial charge in [0.1, 0.15) is 5.75 Å². The first-order valence-corrected chi connectivity index (χ1v) is 4.93. The molecule has 0 saturated heterocycles. The summed E-state index contributed by atoms with van der Waals surface area (Å²) in [7, 11) is 0. The van der Waals surface area contributed by atoms with E-state index in [-0.39, 0.29) is 6.29 Å². The van der Waals surface area contributed by atoms with Gasteiger partial charge in [-0.3, -0.25) is 0 Å². The van der Waals surface area contributed by atoms with E-state index in [1.807, 2.05) is 31.2 Å². The maximum Gasteiger partial charge on any atom is 0.220 e. The van der Waals surface area contributed by atoms with Crippen molar-refractivity contribution in [1.82, 2.24) is 0 Å². The van der Waals surface area contributed by atoms with Crippen LogP contribution >= 0.6 is 11.6 Å². The largest absolute Gasteiger partial charge is 0.461 e. The lowest BCUT2D eigenvalue weighted by Gasteiger charge is -2.20. The Morgan fingerprint density at radius 3 is 3.14 bits per heavy atom. The van der Waals surface area contributed by atoms with Crippen LogP contribution in [-0.2, 0) is 4.74 Å². The summed E-state index contributed by atoms with van der Waals surface area (Å²) in [5.74, 6) is 0.776. The van der Waals surface area contributed by atoms with Crippen LogP contribution in [-0.4, -0.2) is 12.9 Å². The molecule has 1 aliphatic rings. The minimum absolute atomic E-state index is 0.286. The van der Waals surface area contributed by atoms with Crippen molar-refractivity contribution in [3.63, 3.8) is 0 Å². The summed E-state index contributed by atoms with van der Waals surface area (Å²) < 4.78 is 10.9. The highest BCUT2D eigenvalue weighted by atomic mass is 35.5. The molecule has 0 saturated carbocycles. The Morgan fingerprint density at radius 1 is 1.50 bits per heavy atom. The van der Waals surface area contributed by atoms with E-state index < -0.39 is 0 Å². The van der Waals surface area contributed by atoms with Crippen molar-refractivity contribution in [1.29, 1.82) is 0 Å². The molecule has 2 rings (SSSR count). The standard InChI is InChI=1S/C11H11ClO2/c1-2-13-11-6-4-8-3-5-9(12)7-10(8)14-11/h3-7,11H,2H2,1H3. The first-order chi connectivity index (χ1) is 6.79. The first kappa shape index (κ1) is 9.56. The molecule has 0 spiro atoms. The smallest absolute Gasteiger partial charge is 0.220 e. The molecule has 0 fully saturated rings. The highest BCUT2D eigenvalue weighted by molar-refractivity contribution is 6.30. The van der Waals surface area contributed by atoms with Crippen molar-refractivity contribution in [2.24, 2.45) is 0 Å². The lowest BCUT2D eigenvalue weighted by molar-refractivity contribution is -0.0414. The Hall–Kier alpha value is -0.990. The SMILES string of the molecule is CCOC1C=Cc2ccc(Cl)cc2O1. The van der Waals surface area contributed by atoms with Crippen LogP contribution in [0.5, 0.6) is 5.75 Å². The minimum Gasteiger partial charge on any atom is -0.461 e. The van der Waals surface area contributed by atoms with Crippen LogP contribution in [0, 0.1) is 0 Å². The molecule has 3 heteroatoms. The maximum atomic E-state index is 5.86. The third kappa shape index (κ3) is 1.91. The predicted molar refractivity (Wildman–Crippen MR) is 56.5 cm³/mol. The van der Waals surface area contributed by atoms with Gasteiger partial charge in [0.25, 0.3) is 0 Å². The monoisotopic (exact) mass is 210 g/mol. The van der Waals surface area contributed by atoms with Crippen molar-refractivity contribution < 1.29 is 9.47 Å². The van der Waals surface area contributed by atoms with Gasteiger partial charge in [-0.2, -0.15) is 0 Å². The van der Waals surface area contributed by atoms with E-state index in [0.29, 0.717) is 11.6 Å². The molecule has 1 atom stereocenters. The molecule has 1 heterocycles. The molecular weight excluding hydrogens is 200 g/mol. The van der Waals surface area contributed by atoms with Gasteiger partial charge in [-0.1, -0.05) is 11.6 Å². The van der Waals surface area contributed by atoms with Crippen molar-refractivity contribution >= 4 is 17.7 Å². The van der Waals surface area contributed by atoms with Gasteiger partial charge in [-0.15, -0.1) is 0 Å². The van der Waals surface area contributed by atoms with Crippen LogP contribution in [0.1, 0.15) is 12.5 Å². The molecule has 74 valence electrons. The van der Waals surface area contributed by atoms with Gasteiger partial charge in [-0.05, 0) is 37.3 Å². The zero-order valence-corrected chi connectivity index (χ0v) is 8.62. The number of ether oxygens (including phenoxy) is 2. The van der Waals surface area contributed by atoms with Crippen molar-refractivity contribution in [3.05, 3.63) is 34.9 Å². The zero-order valence-electron chi connectivity index (χ0n) is 7.87. The molecule has 1 aromatic carbocycles. The van der Waals surface area contributed by atoms with Gasteiger partial charge >= 0.3 is 0 Å². The average Bonchev–Trinajstić information content (AvgIpc) is 2.17. The second-order valence-electron chi connectivity index (χ2n) is 2.98. The third-order valence-corrected chi connectivity index (χ3v) is 2.22. The Bertz CT molecular complexity index is 360. The van der Waals surface area contributed by atoms with Crippen LogP contribution in [0.3, 0.4) is 0 Å². The molecule has 0 amide bonds. The van der Waals surface area contributed by atoms with Gasteiger partial charge < -0.3 is 9.47 Å². The van der Waals surface area contributed by atoms with Crippen molar-refractivity contribution in [2.45, 2.75) is 13.2 Å². The summed E-state index contributed by atoms with van der Waals surface area (Å²) in [6, 6.07) is 5.57. The van der Waals surface area contributed by atoms with Crippen LogP contribution in [0.2, 0.25) is 5.02 Å². The highest BCUT2D eigenvalue weighted by Crippen LogP contribution is 2.29. The molecule has 0 aliphatic carbocycles. The van der Waals surface area contributed by atoms with Gasteiger partial charge in [0.2, 0.25) is 6.29 Å². The number of hydrogen-bond acceptors (Lipinski definition) is 2. The van der Waals surface area contributed by atoms with E-state index in [9.17, 15) is 0 Å². The lowest BCUT2D eigenvalue weighted by Crippen LogP contribution is -2.20. The number of fused-ring (bicyclic) bond motifs is 1. The fraction of sp³-hybridized carbons (Fsp3) is 0.273. The van der Waals surface area contributed by atoms with Crippen LogP contribution in [0.25, 0.3) is 6.08 Å². The van der Waals surface area contributed by atoms with E-state index in [1.54, 1.807) is 6.07 Å². The fourth-order valence-corrected chi connectivity index (χ4v) is 1.51. The quantitative estimate of drug-likeness (QED) is 0.747. The average molecular weight is 211 g/mol. The van der Waals surface area contributed by atoms with Crippen LogP contribution < -0.4 is 4.74 Å². The first-order valence-electron chi connectivity index (χ1n) is 4.55. The lowest BCUT2D eigenvalue weighted by atomic mass is 10.1. The molecular formula is C11H11ClO2. The number of hydrogen-bond donors (Lipinski definition) is 0. The van der Waals surface area contributed by atoms with Crippen molar-refractivity contribution in [3.8, 4) is 5.75 Å². The Labute approximate surface area is 88.1 Å². The number of halogens is 1. The van der Waals surface area contributed by atoms with Crippen LogP contribution in [0.15, 0.2) is 24.3 Å². The van der Waals surface area contributed by atoms with Crippen molar-refractivity contribution in [2.75, 3.05) is 6.61 Å². The molecule has 0 bridgehead atoms. The fourth-order valence-electron chi connectivity index (χ4n) is 1.35. The summed E-state index contributed by atoms with van der Waals surface area (Å²) >= 11 is 5.86. The molecule has 2 nitrogen and oxygen atoms in total. The molecule has 14 heavy (non-hydrogen) atoms. The zero-order chi connectivity index (χ0) is 9.97. The van der Waals surface area contributed by atoms with Gasteiger partial charge in [0.15, 0.2) is 0 Å². The predicted octanol–water partition coefficient (Wildman–Crippen LogP) is 3.11. The topological polar surface area (TPSA) is 18.5 Å². The third-order valence-electron chi connectivity index (χ3n) is 1.98. The van der Waals surface area contributed by atoms with E-state index in [2.05, 4.69) is 0 Å². The summed E-state index contributed by atoms with van der Waals surface area (Å²) in [6.07, 6.45) is 3.58. The summed E-state index contributed by atoms with van der Waals surface area (Å²) in [5.41, 5.74) is 1.03. The van der Waals surface area contributed by atoms with Crippen LogP contribution in [0.4, 0.5) is 0 Å². The molecule has 0 radical (unpaired) electrons. The Kier molecular flexibility index (Phi) is 2.75.